The van der Waals surface area contributed by atoms with Crippen molar-refractivity contribution >= 4 is 5.97 Å². The predicted octanol–water partition coefficient (Wildman–Crippen LogP) is 2.98. The summed E-state index contributed by atoms with van der Waals surface area (Å²) in [5.41, 5.74) is 0.645. The molecule has 8 heteroatoms. The van der Waals surface area contributed by atoms with Crippen LogP contribution in [0.15, 0.2) is 35.3 Å². The van der Waals surface area contributed by atoms with Crippen molar-refractivity contribution in [2.24, 2.45) is 0 Å². The van der Waals surface area contributed by atoms with E-state index >= 15 is 0 Å². The second-order valence-corrected chi connectivity index (χ2v) is 7.77. The number of pyridine rings is 1. The maximum absolute atomic E-state index is 13.1. The minimum absolute atomic E-state index is 0.274. The van der Waals surface area contributed by atoms with Gasteiger partial charge in [0.25, 0.3) is 0 Å². The molecule has 2 atom stereocenters. The number of rotatable bonds is 3. The lowest BCUT2D eigenvalue weighted by Crippen LogP contribution is -2.51. The van der Waals surface area contributed by atoms with E-state index in [2.05, 4.69) is 5.92 Å². The topological polar surface area (TPSA) is 71.8 Å². The second kappa shape index (κ2) is 6.42. The molecule has 1 N–H and O–H groups in total. The Balaban J connectivity index is 2.03. The molecule has 2 aliphatic heterocycles. The number of hydrogen-bond donors (Lipinski definition) is 1. The Morgan fingerprint density at radius 1 is 1.38 bits per heavy atom. The third-order valence-electron chi connectivity index (χ3n) is 5.52. The number of hydrogen-bond acceptors (Lipinski definition) is 4. The summed E-state index contributed by atoms with van der Waals surface area (Å²) < 4.78 is 32.8. The fraction of sp³-hybridized carbons (Fsp3) is 0.333. The van der Waals surface area contributed by atoms with Crippen LogP contribution in [0.4, 0.5) is 8.78 Å². The van der Waals surface area contributed by atoms with E-state index in [4.69, 9.17) is 11.2 Å². The summed E-state index contributed by atoms with van der Waals surface area (Å²) in [5.74, 6) is 1.19. The van der Waals surface area contributed by atoms with Crippen molar-refractivity contribution in [2.75, 3.05) is 5.01 Å². The lowest BCUT2D eigenvalue weighted by Gasteiger charge is -2.44. The molecule has 0 amide bonds. The molecule has 1 aromatic heterocycles. The van der Waals surface area contributed by atoms with Crippen molar-refractivity contribution in [1.82, 2.24) is 4.68 Å². The summed E-state index contributed by atoms with van der Waals surface area (Å²) in [7, 11) is 0. The Morgan fingerprint density at radius 2 is 2.10 bits per heavy atom. The standard InChI is InChI=1S/C21H18F2N2O4/c1-4-11-5-6-12-13(7-11)18-17(29-20(22)23)9-21(2,3)25(18)24-10-14(19(27)28)16(26)8-15(12)24/h1,5-8,10,17-18,20H,9H2,2-3H3,(H,27,28). The highest BCUT2D eigenvalue weighted by Gasteiger charge is 2.52. The first-order chi connectivity index (χ1) is 13.6. The van der Waals surface area contributed by atoms with Gasteiger partial charge in [0.05, 0.1) is 23.4 Å². The summed E-state index contributed by atoms with van der Waals surface area (Å²) in [6.07, 6.45) is 6.20. The van der Waals surface area contributed by atoms with Crippen molar-refractivity contribution in [3.8, 4) is 23.6 Å². The van der Waals surface area contributed by atoms with Crippen LogP contribution in [0, 0.1) is 12.3 Å². The van der Waals surface area contributed by atoms with Crippen LogP contribution in [0.25, 0.3) is 11.3 Å². The van der Waals surface area contributed by atoms with Gasteiger partial charge in [-0.1, -0.05) is 12.0 Å². The Bertz CT molecular complexity index is 1120. The van der Waals surface area contributed by atoms with Crippen LogP contribution in [0.3, 0.4) is 0 Å². The molecule has 150 valence electrons. The third kappa shape index (κ3) is 2.89. The number of aromatic nitrogens is 1. The number of terminal acetylenes is 1. The Morgan fingerprint density at radius 3 is 2.72 bits per heavy atom. The summed E-state index contributed by atoms with van der Waals surface area (Å²) >= 11 is 0. The molecule has 0 saturated carbocycles. The molecule has 4 rings (SSSR count). The average molecular weight is 400 g/mol. The minimum Gasteiger partial charge on any atom is -0.477 e. The lowest BCUT2D eigenvalue weighted by atomic mass is 9.91. The number of carboxylic acid groups (broad SMARTS) is 1. The highest BCUT2D eigenvalue weighted by molar-refractivity contribution is 5.88. The van der Waals surface area contributed by atoms with Gasteiger partial charge in [-0.15, -0.1) is 6.42 Å². The lowest BCUT2D eigenvalue weighted by molar-refractivity contribution is -0.165. The first kappa shape index (κ1) is 19.2. The Hall–Kier alpha value is -3.18. The van der Waals surface area contributed by atoms with Gasteiger partial charge in [0.15, 0.2) is 5.43 Å². The van der Waals surface area contributed by atoms with E-state index in [1.807, 2.05) is 13.8 Å². The number of carbonyl (C=O) groups is 1. The molecule has 3 heterocycles. The zero-order chi connectivity index (χ0) is 21.1. The quantitative estimate of drug-likeness (QED) is 0.802. The van der Waals surface area contributed by atoms with E-state index < -0.39 is 41.3 Å². The van der Waals surface area contributed by atoms with Crippen molar-refractivity contribution in [3.63, 3.8) is 0 Å². The molecular formula is C21H18F2N2O4. The van der Waals surface area contributed by atoms with E-state index in [1.165, 1.54) is 12.3 Å². The smallest absolute Gasteiger partial charge is 0.345 e. The SMILES string of the molecule is C#Cc1ccc2c(c1)C1C(OC(F)F)CC(C)(C)N1n1cc(C(=O)O)c(=O)cc1-2. The van der Waals surface area contributed by atoms with Gasteiger partial charge in [-0.3, -0.25) is 14.5 Å². The van der Waals surface area contributed by atoms with Gasteiger partial charge < -0.3 is 9.84 Å². The molecule has 0 aliphatic carbocycles. The van der Waals surface area contributed by atoms with Crippen LogP contribution in [-0.4, -0.2) is 34.0 Å². The fourth-order valence-electron chi connectivity index (χ4n) is 4.44. The van der Waals surface area contributed by atoms with Gasteiger partial charge in [-0.25, -0.2) is 4.79 Å². The molecule has 2 aromatic rings. The van der Waals surface area contributed by atoms with Crippen LogP contribution in [0.5, 0.6) is 0 Å². The molecule has 0 radical (unpaired) electrons. The molecule has 0 bridgehead atoms. The van der Waals surface area contributed by atoms with Crippen LogP contribution >= 0.6 is 0 Å². The molecule has 2 unspecified atom stereocenters. The van der Waals surface area contributed by atoms with Gasteiger partial charge >= 0.3 is 12.6 Å². The molecular weight excluding hydrogens is 382 g/mol. The van der Waals surface area contributed by atoms with Crippen LogP contribution in [0.2, 0.25) is 0 Å². The van der Waals surface area contributed by atoms with Gasteiger partial charge in [-0.2, -0.15) is 8.78 Å². The number of fused-ring (bicyclic) bond motifs is 6. The van der Waals surface area contributed by atoms with Crippen LogP contribution in [0.1, 0.15) is 47.8 Å². The number of ether oxygens (including phenoxy) is 1. The Kier molecular flexibility index (Phi) is 4.24. The highest BCUT2D eigenvalue weighted by Crippen LogP contribution is 2.49. The van der Waals surface area contributed by atoms with E-state index in [9.17, 15) is 23.5 Å². The highest BCUT2D eigenvalue weighted by atomic mass is 19.3. The molecule has 1 saturated heterocycles. The van der Waals surface area contributed by atoms with E-state index in [0.29, 0.717) is 22.4 Å². The first-order valence-electron chi connectivity index (χ1n) is 8.98. The molecule has 0 spiro atoms. The zero-order valence-corrected chi connectivity index (χ0v) is 15.7. The molecule has 2 aliphatic rings. The van der Waals surface area contributed by atoms with Gasteiger partial charge in [0, 0.05) is 29.8 Å². The summed E-state index contributed by atoms with van der Waals surface area (Å²) in [4.78, 5) is 23.9. The van der Waals surface area contributed by atoms with Crippen molar-refractivity contribution in [2.45, 2.75) is 44.6 Å². The first-order valence-corrected chi connectivity index (χ1v) is 8.98. The fourth-order valence-corrected chi connectivity index (χ4v) is 4.44. The van der Waals surface area contributed by atoms with Crippen LogP contribution < -0.4 is 10.4 Å². The number of benzene rings is 1. The number of halogens is 2. The molecule has 1 fully saturated rings. The number of aromatic carboxylic acids is 1. The minimum atomic E-state index is -2.96. The number of carboxylic acids is 1. The maximum Gasteiger partial charge on any atom is 0.345 e. The monoisotopic (exact) mass is 400 g/mol. The van der Waals surface area contributed by atoms with Gasteiger partial charge in [0.2, 0.25) is 0 Å². The van der Waals surface area contributed by atoms with Crippen molar-refractivity contribution < 1.29 is 23.4 Å². The Labute approximate surface area is 165 Å². The van der Waals surface area contributed by atoms with E-state index in [1.54, 1.807) is 27.9 Å². The number of nitrogens with zero attached hydrogens (tertiary/aromatic N) is 2. The second-order valence-electron chi connectivity index (χ2n) is 7.77. The van der Waals surface area contributed by atoms with Crippen molar-refractivity contribution in [1.29, 1.82) is 0 Å². The summed E-state index contributed by atoms with van der Waals surface area (Å²) in [6, 6.07) is 5.77. The van der Waals surface area contributed by atoms with Gasteiger partial charge in [0.1, 0.15) is 5.56 Å². The maximum atomic E-state index is 13.1. The normalized spacial score (nSPS) is 21.3. The third-order valence-corrected chi connectivity index (χ3v) is 5.52. The zero-order valence-electron chi connectivity index (χ0n) is 15.7. The molecule has 6 nitrogen and oxygen atoms in total. The molecule has 1 aromatic carbocycles. The average Bonchev–Trinajstić information content (AvgIpc) is 2.90. The summed E-state index contributed by atoms with van der Waals surface area (Å²) in [6.45, 7) is 0.750. The van der Waals surface area contributed by atoms with Crippen LogP contribution in [-0.2, 0) is 4.74 Å². The van der Waals surface area contributed by atoms with Crippen molar-refractivity contribution in [3.05, 3.63) is 57.4 Å². The molecule has 29 heavy (non-hydrogen) atoms. The van der Waals surface area contributed by atoms with E-state index in [-0.39, 0.29) is 6.42 Å². The summed E-state index contributed by atoms with van der Waals surface area (Å²) in [5, 5.41) is 11.2. The van der Waals surface area contributed by atoms with E-state index in [0.717, 1.165) is 0 Å². The predicted molar refractivity (Wildman–Crippen MR) is 102 cm³/mol. The largest absolute Gasteiger partial charge is 0.477 e. The number of alkyl halides is 2. The van der Waals surface area contributed by atoms with Gasteiger partial charge in [-0.05, 0) is 31.5 Å².